The summed E-state index contributed by atoms with van der Waals surface area (Å²) < 4.78 is 10.0. The standard InChI is InChI=1S/C25H26N2O4S/c1-30-19-7-5-6-16(14-19)15-26-24-22(20-8-3-4-9-21(20)32-24)23(28)27-18-12-10-17(11-13-18)25(29)31-2/h5-7,10-14,26H,3-4,8-9,15H2,1-2H3,(H,27,28). The molecule has 0 bridgehead atoms. The Hall–Kier alpha value is -3.32. The molecule has 0 unspecified atom stereocenters. The fourth-order valence-corrected chi connectivity index (χ4v) is 5.18. The molecule has 3 aromatic rings. The van der Waals surface area contributed by atoms with Crippen LogP contribution in [0.15, 0.2) is 48.5 Å². The molecule has 0 aliphatic heterocycles. The normalized spacial score (nSPS) is 12.6. The number of carbonyl (C=O) groups excluding carboxylic acids is 2. The molecule has 1 aromatic heterocycles. The van der Waals surface area contributed by atoms with E-state index in [4.69, 9.17) is 9.47 Å². The van der Waals surface area contributed by atoms with Gasteiger partial charge in [0.05, 0.1) is 25.3 Å². The summed E-state index contributed by atoms with van der Waals surface area (Å²) in [6.07, 6.45) is 4.16. The van der Waals surface area contributed by atoms with E-state index in [9.17, 15) is 9.59 Å². The Balaban J connectivity index is 1.55. The van der Waals surface area contributed by atoms with Gasteiger partial charge in [-0.1, -0.05) is 12.1 Å². The van der Waals surface area contributed by atoms with Gasteiger partial charge in [0.2, 0.25) is 0 Å². The van der Waals surface area contributed by atoms with Crippen molar-refractivity contribution < 1.29 is 19.1 Å². The van der Waals surface area contributed by atoms with Crippen LogP contribution in [0.25, 0.3) is 0 Å². The van der Waals surface area contributed by atoms with Crippen LogP contribution in [0.3, 0.4) is 0 Å². The molecule has 166 valence electrons. The molecule has 1 aliphatic rings. The Morgan fingerprint density at radius 2 is 1.81 bits per heavy atom. The van der Waals surface area contributed by atoms with Gasteiger partial charge in [-0.05, 0) is 73.2 Å². The number of ether oxygens (including phenoxy) is 2. The lowest BCUT2D eigenvalue weighted by molar-refractivity contribution is 0.0600. The van der Waals surface area contributed by atoms with E-state index in [2.05, 4.69) is 10.6 Å². The maximum absolute atomic E-state index is 13.3. The number of hydrogen-bond donors (Lipinski definition) is 2. The smallest absolute Gasteiger partial charge is 0.337 e. The number of hydrogen-bond acceptors (Lipinski definition) is 6. The molecule has 1 aliphatic carbocycles. The molecule has 0 radical (unpaired) electrons. The summed E-state index contributed by atoms with van der Waals surface area (Å²) in [5.41, 5.74) is 4.04. The number of methoxy groups -OCH3 is 2. The highest BCUT2D eigenvalue weighted by Crippen LogP contribution is 2.39. The highest BCUT2D eigenvalue weighted by Gasteiger charge is 2.25. The van der Waals surface area contributed by atoms with Crippen molar-refractivity contribution >= 4 is 33.9 Å². The Kier molecular flexibility index (Phi) is 6.75. The van der Waals surface area contributed by atoms with Crippen molar-refractivity contribution in [3.8, 4) is 5.75 Å². The third-order valence-electron chi connectivity index (χ3n) is 5.55. The molecule has 6 nitrogen and oxygen atoms in total. The number of aryl methyl sites for hydroxylation is 1. The molecule has 1 amide bonds. The van der Waals surface area contributed by atoms with Gasteiger partial charge in [-0.15, -0.1) is 11.3 Å². The molecule has 0 saturated carbocycles. The highest BCUT2D eigenvalue weighted by molar-refractivity contribution is 7.16. The van der Waals surface area contributed by atoms with Gasteiger partial charge in [-0.25, -0.2) is 4.79 Å². The van der Waals surface area contributed by atoms with Gasteiger partial charge in [0.1, 0.15) is 10.8 Å². The lowest BCUT2D eigenvalue weighted by Crippen LogP contribution is -2.16. The third-order valence-corrected chi connectivity index (χ3v) is 6.80. The average molecular weight is 451 g/mol. The predicted octanol–water partition coefficient (Wildman–Crippen LogP) is 5.29. The summed E-state index contributed by atoms with van der Waals surface area (Å²) in [5.74, 6) is 0.269. The van der Waals surface area contributed by atoms with Gasteiger partial charge in [0, 0.05) is 17.1 Å². The second-order valence-corrected chi connectivity index (χ2v) is 8.75. The van der Waals surface area contributed by atoms with Crippen LogP contribution in [-0.4, -0.2) is 26.1 Å². The number of thiophene rings is 1. The van der Waals surface area contributed by atoms with Crippen LogP contribution in [-0.2, 0) is 24.1 Å². The summed E-state index contributed by atoms with van der Waals surface area (Å²) in [6.45, 7) is 0.602. The molecular formula is C25H26N2O4S. The number of fused-ring (bicyclic) bond motifs is 1. The fraction of sp³-hybridized carbons (Fsp3) is 0.280. The van der Waals surface area contributed by atoms with E-state index in [-0.39, 0.29) is 5.91 Å². The van der Waals surface area contributed by atoms with E-state index in [1.54, 1.807) is 42.7 Å². The maximum Gasteiger partial charge on any atom is 0.337 e. The number of rotatable bonds is 7. The van der Waals surface area contributed by atoms with Crippen molar-refractivity contribution in [1.82, 2.24) is 0 Å². The number of amides is 1. The second-order valence-electron chi connectivity index (χ2n) is 7.64. The summed E-state index contributed by atoms with van der Waals surface area (Å²) >= 11 is 1.67. The van der Waals surface area contributed by atoms with Gasteiger partial charge in [-0.2, -0.15) is 0 Å². The molecule has 0 atom stereocenters. The number of esters is 1. The van der Waals surface area contributed by atoms with Gasteiger partial charge in [-0.3, -0.25) is 4.79 Å². The van der Waals surface area contributed by atoms with Gasteiger partial charge >= 0.3 is 5.97 Å². The highest BCUT2D eigenvalue weighted by atomic mass is 32.1. The topological polar surface area (TPSA) is 76.7 Å². The van der Waals surface area contributed by atoms with Crippen molar-refractivity contribution in [1.29, 1.82) is 0 Å². The first kappa shape index (κ1) is 21.9. The Bertz CT molecular complexity index is 1120. The molecule has 7 heteroatoms. The van der Waals surface area contributed by atoms with Gasteiger partial charge in [0.25, 0.3) is 5.91 Å². The Morgan fingerprint density at radius 3 is 2.56 bits per heavy atom. The van der Waals surface area contributed by atoms with E-state index in [1.807, 2.05) is 24.3 Å². The van der Waals surface area contributed by atoms with Gasteiger partial charge in [0.15, 0.2) is 0 Å². The maximum atomic E-state index is 13.3. The minimum atomic E-state index is -0.404. The lowest BCUT2D eigenvalue weighted by Gasteiger charge is -2.14. The first-order valence-electron chi connectivity index (χ1n) is 10.6. The zero-order valence-corrected chi connectivity index (χ0v) is 19.0. The quantitative estimate of drug-likeness (QED) is 0.479. The van der Waals surface area contributed by atoms with Crippen molar-refractivity contribution in [3.63, 3.8) is 0 Å². The van der Waals surface area contributed by atoms with E-state index < -0.39 is 5.97 Å². The monoisotopic (exact) mass is 450 g/mol. The molecular weight excluding hydrogens is 424 g/mol. The largest absolute Gasteiger partial charge is 0.497 e. The lowest BCUT2D eigenvalue weighted by atomic mass is 9.95. The summed E-state index contributed by atoms with van der Waals surface area (Å²) in [6, 6.07) is 14.6. The number of anilines is 2. The van der Waals surface area contributed by atoms with E-state index in [0.717, 1.165) is 53.1 Å². The van der Waals surface area contributed by atoms with Crippen molar-refractivity contribution in [2.75, 3.05) is 24.9 Å². The summed E-state index contributed by atoms with van der Waals surface area (Å²) in [7, 11) is 3.00. The van der Waals surface area contributed by atoms with Crippen LogP contribution in [0, 0.1) is 0 Å². The number of benzene rings is 2. The summed E-state index contributed by atoms with van der Waals surface area (Å²) in [5, 5.41) is 7.36. The molecule has 1 heterocycles. The molecule has 32 heavy (non-hydrogen) atoms. The van der Waals surface area contributed by atoms with Crippen molar-refractivity contribution in [2.24, 2.45) is 0 Å². The molecule has 0 fully saturated rings. The predicted molar refractivity (Wildman–Crippen MR) is 127 cm³/mol. The second kappa shape index (κ2) is 9.87. The minimum Gasteiger partial charge on any atom is -0.497 e. The number of nitrogens with one attached hydrogen (secondary N) is 2. The van der Waals surface area contributed by atoms with Crippen LogP contribution in [0.5, 0.6) is 5.75 Å². The molecule has 4 rings (SSSR count). The number of carbonyl (C=O) groups is 2. The van der Waals surface area contributed by atoms with Crippen LogP contribution in [0.4, 0.5) is 10.7 Å². The molecule has 2 N–H and O–H groups in total. The van der Waals surface area contributed by atoms with Crippen LogP contribution < -0.4 is 15.4 Å². The fourth-order valence-electron chi connectivity index (χ4n) is 3.90. The first-order chi connectivity index (χ1) is 15.6. The third kappa shape index (κ3) is 4.78. The van der Waals surface area contributed by atoms with E-state index in [1.165, 1.54) is 12.0 Å². The SMILES string of the molecule is COC(=O)c1ccc(NC(=O)c2c(NCc3cccc(OC)c3)sc3c2CCCC3)cc1. The minimum absolute atomic E-state index is 0.136. The summed E-state index contributed by atoms with van der Waals surface area (Å²) in [4.78, 5) is 26.2. The zero-order valence-electron chi connectivity index (χ0n) is 18.2. The average Bonchev–Trinajstić information content (AvgIpc) is 3.21. The zero-order chi connectivity index (χ0) is 22.5. The molecule has 0 saturated heterocycles. The van der Waals surface area contributed by atoms with E-state index >= 15 is 0 Å². The Morgan fingerprint density at radius 1 is 1.03 bits per heavy atom. The van der Waals surface area contributed by atoms with Crippen LogP contribution in [0.1, 0.15) is 49.6 Å². The van der Waals surface area contributed by atoms with Gasteiger partial charge < -0.3 is 20.1 Å². The van der Waals surface area contributed by atoms with Crippen molar-refractivity contribution in [2.45, 2.75) is 32.2 Å². The van der Waals surface area contributed by atoms with E-state index in [0.29, 0.717) is 17.8 Å². The molecule has 0 spiro atoms. The van der Waals surface area contributed by atoms with Crippen LogP contribution in [0.2, 0.25) is 0 Å². The first-order valence-corrected chi connectivity index (χ1v) is 11.4. The molecule has 2 aromatic carbocycles. The van der Waals surface area contributed by atoms with Crippen LogP contribution >= 0.6 is 11.3 Å². The van der Waals surface area contributed by atoms with Crippen molar-refractivity contribution in [3.05, 3.63) is 75.7 Å². The Labute approximate surface area is 191 Å².